The second-order valence-electron chi connectivity index (χ2n) is 9.35. The number of likely N-dealkylation sites (tertiary alicyclic amines) is 1. The molecule has 196 valence electrons. The van der Waals surface area contributed by atoms with E-state index < -0.39 is 16.9 Å². The van der Waals surface area contributed by atoms with Crippen molar-refractivity contribution in [3.63, 3.8) is 0 Å². The lowest BCUT2D eigenvalue weighted by atomic mass is 9.96. The van der Waals surface area contributed by atoms with Crippen molar-refractivity contribution >= 4 is 28.7 Å². The number of fused-ring (bicyclic) bond motifs is 1. The summed E-state index contributed by atoms with van der Waals surface area (Å²) in [5.74, 6) is 0.978. The quantitative estimate of drug-likeness (QED) is 0.265. The molecule has 1 aromatic carbocycles. The summed E-state index contributed by atoms with van der Waals surface area (Å²) in [6, 6.07) is 7.41. The normalized spacial score (nSPS) is 14.9. The Morgan fingerprint density at radius 1 is 1.22 bits per heavy atom. The number of nitro groups is 1. The maximum atomic E-state index is 13.1. The van der Waals surface area contributed by atoms with Crippen LogP contribution >= 0.6 is 0 Å². The number of hydrogen-bond acceptors (Lipinski definition) is 7. The van der Waals surface area contributed by atoms with Crippen LogP contribution in [0.3, 0.4) is 0 Å². The third-order valence-electron chi connectivity index (χ3n) is 6.76. The lowest BCUT2D eigenvalue weighted by Crippen LogP contribution is -2.49. The van der Waals surface area contributed by atoms with Gasteiger partial charge in [-0.15, -0.1) is 0 Å². The number of imidazole rings is 1. The van der Waals surface area contributed by atoms with E-state index in [-0.39, 0.29) is 24.7 Å². The highest BCUT2D eigenvalue weighted by Gasteiger charge is 2.26. The van der Waals surface area contributed by atoms with E-state index in [1.165, 1.54) is 12.1 Å². The number of ether oxygens (including phenoxy) is 1. The molecule has 37 heavy (non-hydrogen) atoms. The predicted molar refractivity (Wildman–Crippen MR) is 137 cm³/mol. The molecule has 2 amide bonds. The number of esters is 1. The highest BCUT2D eigenvalue weighted by molar-refractivity contribution is 5.77. The van der Waals surface area contributed by atoms with Crippen LogP contribution in [0.2, 0.25) is 0 Å². The van der Waals surface area contributed by atoms with E-state index in [2.05, 4.69) is 19.9 Å². The SMILES string of the molecule is CCOC(=O)C[C@H](Cc1ccc([N+](=O)[O-])cc1)NC(=O)N1CCC(Cn2c(C)nc3cnccc32)CC1. The Balaban J connectivity index is 1.35. The first-order valence-corrected chi connectivity index (χ1v) is 12.5. The van der Waals surface area contributed by atoms with E-state index >= 15 is 0 Å². The molecule has 1 fully saturated rings. The number of urea groups is 1. The molecule has 0 bridgehead atoms. The van der Waals surface area contributed by atoms with Gasteiger partial charge in [0, 0.05) is 44.0 Å². The summed E-state index contributed by atoms with van der Waals surface area (Å²) >= 11 is 0. The molecule has 1 atom stereocenters. The number of piperidine rings is 1. The van der Waals surface area contributed by atoms with Crippen molar-refractivity contribution in [1.82, 2.24) is 24.8 Å². The van der Waals surface area contributed by atoms with E-state index in [9.17, 15) is 19.7 Å². The molecule has 11 nitrogen and oxygen atoms in total. The zero-order valence-electron chi connectivity index (χ0n) is 21.1. The average molecular weight is 509 g/mol. The number of hydrogen-bond donors (Lipinski definition) is 1. The largest absolute Gasteiger partial charge is 0.466 e. The van der Waals surface area contributed by atoms with Crippen molar-refractivity contribution in [3.05, 3.63) is 64.2 Å². The Morgan fingerprint density at radius 3 is 2.62 bits per heavy atom. The third-order valence-corrected chi connectivity index (χ3v) is 6.76. The number of nitro benzene ring substituents is 1. The van der Waals surface area contributed by atoms with Gasteiger partial charge in [-0.3, -0.25) is 19.9 Å². The number of carbonyl (C=O) groups is 2. The molecule has 1 aliphatic rings. The molecule has 3 aromatic rings. The van der Waals surface area contributed by atoms with E-state index in [1.807, 2.05) is 13.0 Å². The Hall–Kier alpha value is -4.02. The first kappa shape index (κ1) is 26.1. The van der Waals surface area contributed by atoms with Crippen LogP contribution in [0.4, 0.5) is 10.5 Å². The lowest BCUT2D eigenvalue weighted by Gasteiger charge is -2.33. The summed E-state index contributed by atoms with van der Waals surface area (Å²) in [5.41, 5.74) is 2.74. The molecule has 1 aliphatic heterocycles. The van der Waals surface area contributed by atoms with Gasteiger partial charge in [-0.05, 0) is 50.7 Å². The molecule has 2 aromatic heterocycles. The van der Waals surface area contributed by atoms with Crippen LogP contribution < -0.4 is 5.32 Å². The lowest BCUT2D eigenvalue weighted by molar-refractivity contribution is -0.384. The van der Waals surface area contributed by atoms with Crippen molar-refractivity contribution in [1.29, 1.82) is 0 Å². The minimum atomic E-state index is -0.487. The number of rotatable bonds is 9. The molecule has 0 unspecified atom stereocenters. The van der Waals surface area contributed by atoms with Crippen LogP contribution in [-0.4, -0.2) is 62.1 Å². The fourth-order valence-electron chi connectivity index (χ4n) is 4.81. The number of aryl methyl sites for hydroxylation is 1. The topological polar surface area (TPSA) is 132 Å². The molecule has 1 N–H and O–H groups in total. The number of nitrogens with one attached hydrogen (secondary N) is 1. The number of aromatic nitrogens is 3. The van der Waals surface area contributed by atoms with Crippen LogP contribution in [0.15, 0.2) is 42.7 Å². The summed E-state index contributed by atoms with van der Waals surface area (Å²) in [5, 5.41) is 13.9. The molecule has 3 heterocycles. The second-order valence-corrected chi connectivity index (χ2v) is 9.35. The summed E-state index contributed by atoms with van der Waals surface area (Å²) in [4.78, 5) is 46.3. The van der Waals surface area contributed by atoms with Crippen LogP contribution in [0.1, 0.15) is 37.6 Å². The van der Waals surface area contributed by atoms with Crippen molar-refractivity contribution in [2.75, 3.05) is 19.7 Å². The van der Waals surface area contributed by atoms with Gasteiger partial charge in [0.25, 0.3) is 5.69 Å². The molecule has 0 saturated carbocycles. The van der Waals surface area contributed by atoms with Gasteiger partial charge in [-0.2, -0.15) is 0 Å². The Morgan fingerprint density at radius 2 is 1.95 bits per heavy atom. The summed E-state index contributed by atoms with van der Waals surface area (Å²) in [6.45, 7) is 6.06. The first-order valence-electron chi connectivity index (χ1n) is 12.5. The van der Waals surface area contributed by atoms with Crippen molar-refractivity contribution in [2.45, 2.75) is 52.1 Å². The van der Waals surface area contributed by atoms with Gasteiger partial charge in [0.2, 0.25) is 0 Å². The van der Waals surface area contributed by atoms with Gasteiger partial charge in [0.05, 0.1) is 29.7 Å². The van der Waals surface area contributed by atoms with Crippen molar-refractivity contribution in [2.24, 2.45) is 5.92 Å². The smallest absolute Gasteiger partial charge is 0.317 e. The molecule has 0 radical (unpaired) electrons. The van der Waals surface area contributed by atoms with Crippen molar-refractivity contribution < 1.29 is 19.2 Å². The van der Waals surface area contributed by atoms with Crippen LogP contribution in [0, 0.1) is 23.0 Å². The van der Waals surface area contributed by atoms with Crippen LogP contribution in [-0.2, 0) is 22.5 Å². The van der Waals surface area contributed by atoms with Crippen molar-refractivity contribution in [3.8, 4) is 0 Å². The van der Waals surface area contributed by atoms with Gasteiger partial charge in [-0.25, -0.2) is 9.78 Å². The Bertz CT molecular complexity index is 1250. The molecule has 1 saturated heterocycles. The first-order chi connectivity index (χ1) is 17.8. The molecule has 4 rings (SSSR count). The summed E-state index contributed by atoms with van der Waals surface area (Å²) < 4.78 is 7.31. The van der Waals surface area contributed by atoms with E-state index in [1.54, 1.807) is 36.4 Å². The predicted octanol–water partition coefficient (Wildman–Crippen LogP) is 3.63. The molecular weight excluding hydrogens is 476 g/mol. The molecule has 11 heteroatoms. The van der Waals surface area contributed by atoms with Gasteiger partial charge in [0.15, 0.2) is 0 Å². The minimum absolute atomic E-state index is 0.00634. The van der Waals surface area contributed by atoms with Gasteiger partial charge in [-0.1, -0.05) is 12.1 Å². The number of pyridine rings is 1. The van der Waals surface area contributed by atoms with E-state index in [4.69, 9.17) is 4.74 Å². The highest BCUT2D eigenvalue weighted by atomic mass is 16.6. The maximum absolute atomic E-state index is 13.1. The number of amides is 2. The molecule has 0 spiro atoms. The fraction of sp³-hybridized carbons (Fsp3) is 0.462. The summed E-state index contributed by atoms with van der Waals surface area (Å²) in [6.07, 6.45) is 5.66. The minimum Gasteiger partial charge on any atom is -0.466 e. The standard InChI is InChI=1S/C26H32N6O5/c1-3-37-25(33)15-21(14-19-4-6-22(7-5-19)32(35)36)29-26(34)30-12-9-20(10-13-30)17-31-18(2)28-23-16-27-11-8-24(23)31/h4-8,11,16,20-21H,3,9-10,12-15,17H2,1-2H3,(H,29,34)/t21-/m0/s1. The summed E-state index contributed by atoms with van der Waals surface area (Å²) in [7, 11) is 0. The number of carbonyl (C=O) groups excluding carboxylic acids is 2. The fourth-order valence-corrected chi connectivity index (χ4v) is 4.81. The second kappa shape index (κ2) is 11.8. The average Bonchev–Trinajstić information content (AvgIpc) is 3.19. The van der Waals surface area contributed by atoms with E-state index in [0.717, 1.165) is 41.8 Å². The zero-order chi connectivity index (χ0) is 26.4. The maximum Gasteiger partial charge on any atom is 0.317 e. The number of non-ortho nitro benzene ring substituents is 1. The van der Waals surface area contributed by atoms with Crippen LogP contribution in [0.25, 0.3) is 11.0 Å². The Labute approximate surface area is 215 Å². The number of nitrogens with zero attached hydrogens (tertiary/aromatic N) is 5. The zero-order valence-corrected chi connectivity index (χ0v) is 21.1. The van der Waals surface area contributed by atoms with Gasteiger partial charge >= 0.3 is 12.0 Å². The van der Waals surface area contributed by atoms with Crippen LogP contribution in [0.5, 0.6) is 0 Å². The van der Waals surface area contributed by atoms with Gasteiger partial charge < -0.3 is 19.5 Å². The number of benzene rings is 1. The molecule has 0 aliphatic carbocycles. The van der Waals surface area contributed by atoms with Gasteiger partial charge in [0.1, 0.15) is 11.3 Å². The monoisotopic (exact) mass is 508 g/mol. The molecular formula is C26H32N6O5. The highest BCUT2D eigenvalue weighted by Crippen LogP contribution is 2.23. The Kier molecular flexibility index (Phi) is 8.32. The third kappa shape index (κ3) is 6.60. The van der Waals surface area contributed by atoms with E-state index in [0.29, 0.717) is 25.4 Å².